The highest BCUT2D eigenvalue weighted by molar-refractivity contribution is 5.16. The molecule has 2 rings (SSSR count). The predicted molar refractivity (Wildman–Crippen MR) is 51.7 cm³/mol. The number of hydrogen-bond donors (Lipinski definition) is 1. The van der Waals surface area contributed by atoms with Crippen LogP contribution in [0, 0.1) is 0 Å². The van der Waals surface area contributed by atoms with E-state index in [4.69, 9.17) is 9.84 Å². The Hall–Kier alpha value is -1.36. The van der Waals surface area contributed by atoms with Crippen LogP contribution in [-0.4, -0.2) is 29.1 Å². The topological polar surface area (TPSA) is 51.5 Å². The van der Waals surface area contributed by atoms with Crippen molar-refractivity contribution in [2.45, 2.75) is 18.6 Å². The Kier molecular flexibility index (Phi) is 2.73. The number of hydrogen-bond acceptors (Lipinski definition) is 3. The van der Waals surface area contributed by atoms with Gasteiger partial charge >= 0.3 is 0 Å². The standard InChI is InChI=1S/C10H12FNO3/c11-8-6-15-4-2-9(8)12-3-1-7(13)5-10(12)14/h1,3,5,8-9,13H,2,4,6H2/t8-,9-/m1/s1. The first-order valence-corrected chi connectivity index (χ1v) is 4.81. The van der Waals surface area contributed by atoms with Gasteiger partial charge in [-0.15, -0.1) is 0 Å². The molecule has 0 unspecified atom stereocenters. The van der Waals surface area contributed by atoms with Crippen molar-refractivity contribution in [2.24, 2.45) is 0 Å². The molecule has 0 aliphatic carbocycles. The van der Waals surface area contributed by atoms with E-state index in [2.05, 4.69) is 0 Å². The van der Waals surface area contributed by atoms with Crippen molar-refractivity contribution < 1.29 is 14.2 Å². The minimum atomic E-state index is -1.17. The molecule has 82 valence electrons. The van der Waals surface area contributed by atoms with Crippen LogP contribution in [0.3, 0.4) is 0 Å². The van der Waals surface area contributed by atoms with Gasteiger partial charge in [-0.2, -0.15) is 0 Å². The van der Waals surface area contributed by atoms with Crippen LogP contribution in [0.4, 0.5) is 4.39 Å². The minimum absolute atomic E-state index is 0.0258. The van der Waals surface area contributed by atoms with Gasteiger partial charge in [0.1, 0.15) is 11.9 Å². The molecule has 0 bridgehead atoms. The van der Waals surface area contributed by atoms with Crippen molar-refractivity contribution in [1.29, 1.82) is 0 Å². The summed E-state index contributed by atoms with van der Waals surface area (Å²) in [6, 6.07) is 1.98. The maximum Gasteiger partial charge on any atom is 0.254 e. The third-order valence-corrected chi connectivity index (χ3v) is 2.54. The molecule has 0 spiro atoms. The average Bonchev–Trinajstić information content (AvgIpc) is 2.20. The normalized spacial score (nSPS) is 26.5. The molecule has 1 aromatic rings. The summed E-state index contributed by atoms with van der Waals surface area (Å²) in [4.78, 5) is 11.5. The Morgan fingerprint density at radius 1 is 1.60 bits per heavy atom. The van der Waals surface area contributed by atoms with Crippen molar-refractivity contribution in [1.82, 2.24) is 4.57 Å². The van der Waals surface area contributed by atoms with Crippen molar-refractivity contribution >= 4 is 0 Å². The SMILES string of the molecule is O=c1cc(O)ccn1[C@@H]1CCOC[C@H]1F. The fraction of sp³-hybridized carbons (Fsp3) is 0.500. The largest absolute Gasteiger partial charge is 0.508 e. The van der Waals surface area contributed by atoms with Crippen molar-refractivity contribution in [3.63, 3.8) is 0 Å². The van der Waals surface area contributed by atoms with E-state index < -0.39 is 12.2 Å². The number of aromatic hydroxyl groups is 1. The summed E-state index contributed by atoms with van der Waals surface area (Å²) in [7, 11) is 0. The van der Waals surface area contributed by atoms with Crippen LogP contribution in [-0.2, 0) is 4.74 Å². The zero-order chi connectivity index (χ0) is 10.8. The summed E-state index contributed by atoms with van der Waals surface area (Å²) in [6.45, 7) is 0.483. The second-order valence-corrected chi connectivity index (χ2v) is 3.58. The molecule has 4 nitrogen and oxygen atoms in total. The molecule has 1 fully saturated rings. The third-order valence-electron chi connectivity index (χ3n) is 2.54. The Balaban J connectivity index is 2.32. The van der Waals surface area contributed by atoms with Crippen molar-refractivity contribution in [3.05, 3.63) is 28.7 Å². The van der Waals surface area contributed by atoms with E-state index in [1.807, 2.05) is 0 Å². The number of aromatic nitrogens is 1. The fourth-order valence-corrected chi connectivity index (χ4v) is 1.76. The molecule has 1 saturated heterocycles. The molecule has 0 amide bonds. The Morgan fingerprint density at radius 2 is 2.40 bits per heavy atom. The van der Waals surface area contributed by atoms with Crippen LogP contribution in [0.15, 0.2) is 23.1 Å². The van der Waals surface area contributed by atoms with E-state index in [-0.39, 0.29) is 17.9 Å². The van der Waals surface area contributed by atoms with Gasteiger partial charge in [0.25, 0.3) is 5.56 Å². The number of halogens is 1. The van der Waals surface area contributed by atoms with E-state index in [1.165, 1.54) is 16.8 Å². The second kappa shape index (κ2) is 4.02. The van der Waals surface area contributed by atoms with Gasteiger partial charge in [0.05, 0.1) is 12.6 Å². The summed E-state index contributed by atoms with van der Waals surface area (Å²) in [6.07, 6.45) is 0.729. The molecule has 1 N–H and O–H groups in total. The number of ether oxygens (including phenoxy) is 1. The van der Waals surface area contributed by atoms with Crippen LogP contribution < -0.4 is 5.56 Å². The molecular formula is C10H12FNO3. The lowest BCUT2D eigenvalue weighted by Gasteiger charge is -2.27. The summed E-state index contributed by atoms with van der Waals surface area (Å²) in [5.74, 6) is -0.0984. The van der Waals surface area contributed by atoms with Gasteiger partial charge in [-0.25, -0.2) is 4.39 Å². The lowest BCUT2D eigenvalue weighted by Crippen LogP contribution is -2.36. The van der Waals surface area contributed by atoms with Gasteiger partial charge in [0.2, 0.25) is 0 Å². The zero-order valence-electron chi connectivity index (χ0n) is 8.10. The van der Waals surface area contributed by atoms with Gasteiger partial charge in [0, 0.05) is 18.9 Å². The minimum Gasteiger partial charge on any atom is -0.508 e. The van der Waals surface area contributed by atoms with Gasteiger partial charge in [-0.1, -0.05) is 0 Å². The lowest BCUT2D eigenvalue weighted by molar-refractivity contribution is 0.00232. The molecule has 0 radical (unpaired) electrons. The summed E-state index contributed by atoms with van der Waals surface area (Å²) >= 11 is 0. The average molecular weight is 213 g/mol. The highest BCUT2D eigenvalue weighted by Gasteiger charge is 2.27. The molecule has 15 heavy (non-hydrogen) atoms. The van der Waals surface area contributed by atoms with Gasteiger partial charge in [-0.05, 0) is 12.5 Å². The van der Waals surface area contributed by atoms with Crippen LogP contribution in [0.2, 0.25) is 0 Å². The molecule has 5 heteroatoms. The van der Waals surface area contributed by atoms with Gasteiger partial charge in [0.15, 0.2) is 0 Å². The number of alkyl halides is 1. The quantitative estimate of drug-likeness (QED) is 0.752. The molecule has 2 heterocycles. The predicted octanol–water partition coefficient (Wildman–Crippen LogP) is 0.853. The lowest BCUT2D eigenvalue weighted by atomic mass is 10.1. The number of nitrogens with zero attached hydrogens (tertiary/aromatic N) is 1. The van der Waals surface area contributed by atoms with Crippen molar-refractivity contribution in [2.75, 3.05) is 13.2 Å². The number of rotatable bonds is 1. The summed E-state index contributed by atoms with van der Waals surface area (Å²) < 4.78 is 19.7. The molecule has 0 saturated carbocycles. The molecular weight excluding hydrogens is 201 g/mol. The van der Waals surface area contributed by atoms with Crippen molar-refractivity contribution in [3.8, 4) is 5.75 Å². The maximum absolute atomic E-state index is 13.5. The van der Waals surface area contributed by atoms with Crippen LogP contribution in [0.25, 0.3) is 0 Å². The molecule has 2 atom stereocenters. The Labute approximate surface area is 85.9 Å². The van der Waals surface area contributed by atoms with E-state index in [0.29, 0.717) is 13.0 Å². The van der Waals surface area contributed by atoms with E-state index in [0.717, 1.165) is 6.07 Å². The first-order chi connectivity index (χ1) is 7.18. The molecule has 1 aliphatic heterocycles. The monoisotopic (exact) mass is 213 g/mol. The van der Waals surface area contributed by atoms with Crippen LogP contribution >= 0.6 is 0 Å². The van der Waals surface area contributed by atoms with Crippen LogP contribution in [0.1, 0.15) is 12.5 Å². The molecule has 0 aromatic carbocycles. The molecule has 1 aliphatic rings. The number of pyridine rings is 1. The Morgan fingerprint density at radius 3 is 3.07 bits per heavy atom. The van der Waals surface area contributed by atoms with E-state index in [1.54, 1.807) is 0 Å². The maximum atomic E-state index is 13.5. The highest BCUT2D eigenvalue weighted by Crippen LogP contribution is 2.22. The summed E-state index contributed by atoms with van der Waals surface area (Å²) in [5, 5.41) is 9.07. The van der Waals surface area contributed by atoms with Gasteiger partial charge < -0.3 is 14.4 Å². The first-order valence-electron chi connectivity index (χ1n) is 4.81. The van der Waals surface area contributed by atoms with E-state index in [9.17, 15) is 9.18 Å². The Bertz CT molecular complexity index is 404. The third kappa shape index (κ3) is 2.02. The van der Waals surface area contributed by atoms with E-state index >= 15 is 0 Å². The molecule has 1 aromatic heterocycles. The zero-order valence-corrected chi connectivity index (χ0v) is 8.10. The smallest absolute Gasteiger partial charge is 0.254 e. The fourth-order valence-electron chi connectivity index (χ4n) is 1.76. The highest BCUT2D eigenvalue weighted by atomic mass is 19.1. The van der Waals surface area contributed by atoms with Gasteiger partial charge in [-0.3, -0.25) is 4.79 Å². The second-order valence-electron chi connectivity index (χ2n) is 3.58. The van der Waals surface area contributed by atoms with Crippen LogP contribution in [0.5, 0.6) is 5.75 Å². The first kappa shape index (κ1) is 10.2. The summed E-state index contributed by atoms with van der Waals surface area (Å²) in [5.41, 5.74) is -0.385.